The van der Waals surface area contributed by atoms with Gasteiger partial charge in [-0.05, 0) is 37.5 Å². The Kier molecular flexibility index (Phi) is 4.97. The number of rotatable bonds is 4. The molecule has 0 radical (unpaired) electrons. The first-order valence-corrected chi connectivity index (χ1v) is 9.32. The van der Waals surface area contributed by atoms with Gasteiger partial charge in [-0.15, -0.1) is 0 Å². The molecule has 2 saturated heterocycles. The van der Waals surface area contributed by atoms with Crippen molar-refractivity contribution in [2.24, 2.45) is 0 Å². The molecule has 8 heteroatoms. The maximum absolute atomic E-state index is 10.00. The Balaban J connectivity index is 1.75. The van der Waals surface area contributed by atoms with Crippen LogP contribution in [-0.4, -0.2) is 54.2 Å². The number of ether oxygens (including phenoxy) is 2. The van der Waals surface area contributed by atoms with Gasteiger partial charge in [-0.1, -0.05) is 0 Å². The lowest BCUT2D eigenvalue weighted by Crippen LogP contribution is -2.44. The number of H-pyrrole nitrogens is 1. The lowest BCUT2D eigenvalue weighted by atomic mass is 9.75. The van der Waals surface area contributed by atoms with E-state index in [2.05, 4.69) is 39.5 Å². The monoisotopic (exact) mass is 368 g/mol. The summed E-state index contributed by atoms with van der Waals surface area (Å²) < 4.78 is 11.1. The molecule has 27 heavy (non-hydrogen) atoms. The molecule has 0 bridgehead atoms. The molecule has 2 N–H and O–H groups in total. The molecule has 2 aliphatic heterocycles. The fraction of sp³-hybridized carbons (Fsp3) is 0.526. The topological polar surface area (TPSA) is 99.1 Å². The Morgan fingerprint density at radius 2 is 2.15 bits per heavy atom. The summed E-state index contributed by atoms with van der Waals surface area (Å²) in [5.41, 5.74) is 0.439. The van der Waals surface area contributed by atoms with Crippen LogP contribution in [0.3, 0.4) is 0 Å². The zero-order valence-electron chi connectivity index (χ0n) is 15.4. The standard InChI is InChI=1S/C19H24N6O2/c1-14-12-27-9-6-25(14)18-11-15(19(13-20)3-7-26-8-4-19)10-17(23-18)22-16-2-5-21-24-16/h2,5,10-11,14H,3-4,6-9,12H2,1H3,(H2,21,22,23,24). The highest BCUT2D eigenvalue weighted by Crippen LogP contribution is 2.37. The van der Waals surface area contributed by atoms with Crippen LogP contribution in [0.2, 0.25) is 0 Å². The van der Waals surface area contributed by atoms with Gasteiger partial charge in [0.15, 0.2) is 0 Å². The molecule has 8 nitrogen and oxygen atoms in total. The van der Waals surface area contributed by atoms with Crippen molar-refractivity contribution in [3.63, 3.8) is 0 Å². The third-order valence-electron chi connectivity index (χ3n) is 5.35. The molecule has 0 aromatic carbocycles. The number of hydrogen-bond acceptors (Lipinski definition) is 7. The highest BCUT2D eigenvalue weighted by molar-refractivity contribution is 5.59. The lowest BCUT2D eigenvalue weighted by molar-refractivity contribution is 0.0675. The number of aromatic amines is 1. The van der Waals surface area contributed by atoms with Crippen LogP contribution < -0.4 is 10.2 Å². The largest absolute Gasteiger partial charge is 0.381 e. The molecule has 2 aliphatic rings. The SMILES string of the molecule is CC1COCCN1c1cc(C2(C#N)CCOCC2)cc(Nc2ccn[nH]2)n1. The zero-order valence-corrected chi connectivity index (χ0v) is 15.4. The second-order valence-electron chi connectivity index (χ2n) is 7.12. The molecular formula is C19H24N6O2. The smallest absolute Gasteiger partial charge is 0.134 e. The van der Waals surface area contributed by atoms with E-state index in [4.69, 9.17) is 14.5 Å². The minimum atomic E-state index is -0.546. The van der Waals surface area contributed by atoms with Crippen molar-refractivity contribution < 1.29 is 9.47 Å². The van der Waals surface area contributed by atoms with Crippen LogP contribution in [-0.2, 0) is 14.9 Å². The third kappa shape index (κ3) is 3.61. The van der Waals surface area contributed by atoms with E-state index in [9.17, 15) is 5.26 Å². The van der Waals surface area contributed by atoms with Crippen LogP contribution in [0.15, 0.2) is 24.4 Å². The van der Waals surface area contributed by atoms with Crippen LogP contribution >= 0.6 is 0 Å². The molecule has 1 unspecified atom stereocenters. The number of hydrogen-bond donors (Lipinski definition) is 2. The number of pyridine rings is 1. The van der Waals surface area contributed by atoms with Gasteiger partial charge < -0.3 is 19.7 Å². The molecule has 4 heterocycles. The predicted molar refractivity (Wildman–Crippen MR) is 101 cm³/mol. The number of nitrogens with one attached hydrogen (secondary N) is 2. The molecule has 2 fully saturated rings. The predicted octanol–water partition coefficient (Wildman–Crippen LogP) is 2.35. The quantitative estimate of drug-likeness (QED) is 0.854. The first-order valence-electron chi connectivity index (χ1n) is 9.32. The van der Waals surface area contributed by atoms with Crippen LogP contribution in [0.1, 0.15) is 25.3 Å². The molecule has 0 spiro atoms. The maximum atomic E-state index is 10.00. The Morgan fingerprint density at radius 3 is 2.85 bits per heavy atom. The molecular weight excluding hydrogens is 344 g/mol. The van der Waals surface area contributed by atoms with Crippen LogP contribution in [0.25, 0.3) is 0 Å². The minimum absolute atomic E-state index is 0.231. The number of nitriles is 1. The summed E-state index contributed by atoms with van der Waals surface area (Å²) in [6, 6.07) is 8.68. The summed E-state index contributed by atoms with van der Waals surface area (Å²) in [7, 11) is 0. The maximum Gasteiger partial charge on any atom is 0.134 e. The first kappa shape index (κ1) is 17.8. The molecule has 1 atom stereocenters. The van der Waals surface area contributed by atoms with Crippen molar-refractivity contribution in [1.29, 1.82) is 5.26 Å². The second-order valence-corrected chi connectivity index (χ2v) is 7.12. The Bertz CT molecular complexity index is 810. The summed E-state index contributed by atoms with van der Waals surface area (Å²) in [5, 5.41) is 20.1. The van der Waals surface area contributed by atoms with Gasteiger partial charge in [-0.2, -0.15) is 10.4 Å². The van der Waals surface area contributed by atoms with Crippen molar-refractivity contribution in [2.75, 3.05) is 43.2 Å². The third-order valence-corrected chi connectivity index (χ3v) is 5.35. The lowest BCUT2D eigenvalue weighted by Gasteiger charge is -2.36. The summed E-state index contributed by atoms with van der Waals surface area (Å²) in [4.78, 5) is 7.06. The summed E-state index contributed by atoms with van der Waals surface area (Å²) in [6.07, 6.45) is 3.07. The number of anilines is 3. The van der Waals surface area contributed by atoms with Gasteiger partial charge in [-0.3, -0.25) is 5.10 Å². The fourth-order valence-electron chi connectivity index (χ4n) is 3.72. The molecule has 0 saturated carbocycles. The van der Waals surface area contributed by atoms with Crippen LogP contribution in [0.5, 0.6) is 0 Å². The van der Waals surface area contributed by atoms with E-state index in [0.29, 0.717) is 45.1 Å². The molecule has 142 valence electrons. The summed E-state index contributed by atoms with van der Waals surface area (Å²) >= 11 is 0. The average Bonchev–Trinajstić information content (AvgIpc) is 3.21. The number of aromatic nitrogens is 3. The van der Waals surface area contributed by atoms with Gasteiger partial charge in [0.2, 0.25) is 0 Å². The van der Waals surface area contributed by atoms with Crippen LogP contribution in [0.4, 0.5) is 17.5 Å². The fourth-order valence-corrected chi connectivity index (χ4v) is 3.72. The van der Waals surface area contributed by atoms with Gasteiger partial charge in [0.25, 0.3) is 0 Å². The van der Waals surface area contributed by atoms with Crippen molar-refractivity contribution in [2.45, 2.75) is 31.2 Å². The summed E-state index contributed by atoms with van der Waals surface area (Å²) in [5.74, 6) is 2.33. The normalized spacial score (nSPS) is 22.2. The van der Waals surface area contributed by atoms with Crippen molar-refractivity contribution in [1.82, 2.24) is 15.2 Å². The average molecular weight is 368 g/mol. The highest BCUT2D eigenvalue weighted by Gasteiger charge is 2.36. The molecule has 0 amide bonds. The molecule has 0 aliphatic carbocycles. The van der Waals surface area contributed by atoms with E-state index < -0.39 is 5.41 Å². The number of morpholine rings is 1. The Hall–Kier alpha value is -2.63. The first-order chi connectivity index (χ1) is 13.2. The van der Waals surface area contributed by atoms with Crippen molar-refractivity contribution in [3.8, 4) is 6.07 Å². The van der Waals surface area contributed by atoms with Crippen molar-refractivity contribution >= 4 is 17.5 Å². The second kappa shape index (κ2) is 7.55. The Labute approximate surface area is 158 Å². The van der Waals surface area contributed by atoms with Gasteiger partial charge in [-0.25, -0.2) is 4.98 Å². The van der Waals surface area contributed by atoms with Gasteiger partial charge in [0.05, 0.1) is 36.9 Å². The van der Waals surface area contributed by atoms with E-state index in [1.807, 2.05) is 12.1 Å². The molecule has 2 aromatic heterocycles. The van der Waals surface area contributed by atoms with Gasteiger partial charge in [0, 0.05) is 25.8 Å². The minimum Gasteiger partial charge on any atom is -0.381 e. The number of nitrogens with zero attached hydrogens (tertiary/aromatic N) is 4. The molecule has 2 aromatic rings. The van der Waals surface area contributed by atoms with E-state index in [-0.39, 0.29) is 6.04 Å². The van der Waals surface area contributed by atoms with E-state index >= 15 is 0 Å². The van der Waals surface area contributed by atoms with Gasteiger partial charge in [0.1, 0.15) is 17.5 Å². The Morgan fingerprint density at radius 1 is 1.30 bits per heavy atom. The molecule has 4 rings (SSSR count). The highest BCUT2D eigenvalue weighted by atomic mass is 16.5. The van der Waals surface area contributed by atoms with E-state index in [0.717, 1.165) is 23.7 Å². The van der Waals surface area contributed by atoms with E-state index in [1.54, 1.807) is 6.20 Å². The summed E-state index contributed by atoms with van der Waals surface area (Å²) in [6.45, 7) is 5.46. The van der Waals surface area contributed by atoms with E-state index in [1.165, 1.54) is 0 Å². The van der Waals surface area contributed by atoms with Crippen LogP contribution in [0, 0.1) is 11.3 Å². The van der Waals surface area contributed by atoms with Crippen molar-refractivity contribution in [3.05, 3.63) is 30.0 Å². The van der Waals surface area contributed by atoms with Gasteiger partial charge >= 0.3 is 0 Å². The zero-order chi connectivity index (χ0) is 18.7.